The maximum absolute atomic E-state index is 11.5. The first-order chi connectivity index (χ1) is 8.62. The lowest BCUT2D eigenvalue weighted by molar-refractivity contribution is 0.0602. The quantitative estimate of drug-likeness (QED) is 0.601. The number of benzene rings is 1. The van der Waals surface area contributed by atoms with Gasteiger partial charge in [-0.05, 0) is 31.0 Å². The summed E-state index contributed by atoms with van der Waals surface area (Å²) in [6, 6.07) is 5.79. The molecule has 0 aliphatic carbocycles. The third-order valence-electron chi connectivity index (χ3n) is 2.96. The van der Waals surface area contributed by atoms with Crippen molar-refractivity contribution in [3.63, 3.8) is 0 Å². The van der Waals surface area contributed by atoms with Crippen LogP contribution in [0.25, 0.3) is 0 Å². The van der Waals surface area contributed by atoms with Gasteiger partial charge >= 0.3 is 5.97 Å². The van der Waals surface area contributed by atoms with Crippen molar-refractivity contribution >= 4 is 17.3 Å². The molecule has 0 radical (unpaired) electrons. The number of hydrogen-bond donors (Lipinski definition) is 2. The molecule has 0 fully saturated rings. The number of hydrogen-bond acceptors (Lipinski definition) is 4. The number of methoxy groups -OCH3 is 1. The summed E-state index contributed by atoms with van der Waals surface area (Å²) < 4.78 is 4.70. The fraction of sp³-hybridized carbons (Fsp3) is 0.500. The average molecular weight is 250 g/mol. The molecule has 0 aliphatic heterocycles. The number of carbonyl (C=O) groups is 1. The molecule has 1 atom stereocenters. The van der Waals surface area contributed by atoms with E-state index in [0.717, 1.165) is 24.9 Å². The molecular weight excluding hydrogens is 228 g/mol. The lowest BCUT2D eigenvalue weighted by atomic mass is 10.1. The molecular formula is C14H22N2O2. The van der Waals surface area contributed by atoms with E-state index >= 15 is 0 Å². The second-order valence-electron chi connectivity index (χ2n) is 4.33. The third kappa shape index (κ3) is 3.65. The van der Waals surface area contributed by atoms with Crippen LogP contribution in [0.15, 0.2) is 18.2 Å². The molecule has 1 rings (SSSR count). The Hall–Kier alpha value is -1.71. The van der Waals surface area contributed by atoms with Crippen molar-refractivity contribution < 1.29 is 9.53 Å². The highest BCUT2D eigenvalue weighted by Crippen LogP contribution is 2.20. The van der Waals surface area contributed by atoms with E-state index in [2.05, 4.69) is 19.2 Å². The molecule has 0 saturated carbocycles. The summed E-state index contributed by atoms with van der Waals surface area (Å²) in [4.78, 5) is 11.5. The number of nitrogen functional groups attached to an aromatic ring is 1. The van der Waals surface area contributed by atoms with Crippen LogP contribution in [0.5, 0.6) is 0 Å². The fourth-order valence-electron chi connectivity index (χ4n) is 1.90. The number of anilines is 2. The number of ether oxygens (including phenoxy) is 1. The number of rotatable bonds is 6. The Labute approximate surface area is 109 Å². The second-order valence-corrected chi connectivity index (χ2v) is 4.33. The van der Waals surface area contributed by atoms with Gasteiger partial charge in [-0.1, -0.05) is 20.3 Å². The predicted molar refractivity (Wildman–Crippen MR) is 74.8 cm³/mol. The Morgan fingerprint density at radius 1 is 1.44 bits per heavy atom. The first kappa shape index (κ1) is 14.4. The number of nitrogens with one attached hydrogen (secondary N) is 1. The Morgan fingerprint density at radius 3 is 2.72 bits per heavy atom. The van der Waals surface area contributed by atoms with Gasteiger partial charge in [0.05, 0.1) is 12.7 Å². The summed E-state index contributed by atoms with van der Waals surface area (Å²) in [7, 11) is 1.35. The van der Waals surface area contributed by atoms with Gasteiger partial charge in [0.25, 0.3) is 0 Å². The summed E-state index contributed by atoms with van der Waals surface area (Å²) in [5.74, 6) is -0.403. The van der Waals surface area contributed by atoms with E-state index in [0.29, 0.717) is 17.3 Å². The number of esters is 1. The van der Waals surface area contributed by atoms with Gasteiger partial charge in [-0.15, -0.1) is 0 Å². The van der Waals surface area contributed by atoms with E-state index in [1.54, 1.807) is 12.1 Å². The Balaban J connectivity index is 2.87. The first-order valence-electron chi connectivity index (χ1n) is 6.36. The Bertz CT molecular complexity index is 405. The van der Waals surface area contributed by atoms with Crippen molar-refractivity contribution in [3.8, 4) is 0 Å². The van der Waals surface area contributed by atoms with Crippen LogP contribution in [0.3, 0.4) is 0 Å². The second kappa shape index (κ2) is 6.89. The average Bonchev–Trinajstić information content (AvgIpc) is 2.39. The molecule has 0 heterocycles. The van der Waals surface area contributed by atoms with Crippen LogP contribution in [0.2, 0.25) is 0 Å². The zero-order valence-corrected chi connectivity index (χ0v) is 11.3. The van der Waals surface area contributed by atoms with Gasteiger partial charge in [0.15, 0.2) is 0 Å². The minimum absolute atomic E-state index is 0.403. The normalized spacial score (nSPS) is 11.9. The lowest BCUT2D eigenvalue weighted by Crippen LogP contribution is -2.18. The largest absolute Gasteiger partial charge is 0.465 e. The summed E-state index contributed by atoms with van der Waals surface area (Å²) in [6.45, 7) is 4.30. The molecule has 1 aromatic rings. The molecule has 3 N–H and O–H groups in total. The van der Waals surface area contributed by atoms with E-state index in [4.69, 9.17) is 10.5 Å². The van der Waals surface area contributed by atoms with Gasteiger partial charge < -0.3 is 15.8 Å². The van der Waals surface area contributed by atoms with Crippen molar-refractivity contribution in [1.29, 1.82) is 0 Å². The zero-order valence-electron chi connectivity index (χ0n) is 11.3. The van der Waals surface area contributed by atoms with Crippen LogP contribution >= 0.6 is 0 Å². The molecule has 18 heavy (non-hydrogen) atoms. The Kier molecular flexibility index (Phi) is 5.49. The van der Waals surface area contributed by atoms with Crippen molar-refractivity contribution in [2.45, 2.75) is 39.2 Å². The van der Waals surface area contributed by atoms with E-state index in [9.17, 15) is 4.79 Å². The van der Waals surface area contributed by atoms with Gasteiger partial charge in [0, 0.05) is 17.4 Å². The molecule has 4 heteroatoms. The van der Waals surface area contributed by atoms with Crippen LogP contribution < -0.4 is 11.1 Å². The maximum atomic E-state index is 11.5. The van der Waals surface area contributed by atoms with Crippen LogP contribution in [0, 0.1) is 0 Å². The van der Waals surface area contributed by atoms with Crippen molar-refractivity contribution in [2.24, 2.45) is 0 Å². The maximum Gasteiger partial charge on any atom is 0.340 e. The molecule has 1 unspecified atom stereocenters. The fourth-order valence-corrected chi connectivity index (χ4v) is 1.90. The van der Waals surface area contributed by atoms with E-state index in [-0.39, 0.29) is 0 Å². The smallest absolute Gasteiger partial charge is 0.340 e. The summed E-state index contributed by atoms with van der Waals surface area (Å²) in [5.41, 5.74) is 7.52. The SMILES string of the molecule is CCCC(CC)Nc1ccc(N)c(C(=O)OC)c1. The molecule has 0 amide bonds. The summed E-state index contributed by atoms with van der Waals surface area (Å²) >= 11 is 0. The highest BCUT2D eigenvalue weighted by molar-refractivity contribution is 5.96. The third-order valence-corrected chi connectivity index (χ3v) is 2.96. The van der Waals surface area contributed by atoms with Crippen molar-refractivity contribution in [3.05, 3.63) is 23.8 Å². The molecule has 4 nitrogen and oxygen atoms in total. The molecule has 0 spiro atoms. The van der Waals surface area contributed by atoms with E-state index < -0.39 is 5.97 Å². The number of nitrogens with two attached hydrogens (primary N) is 1. The van der Waals surface area contributed by atoms with Gasteiger partial charge in [-0.3, -0.25) is 0 Å². The van der Waals surface area contributed by atoms with Crippen molar-refractivity contribution in [1.82, 2.24) is 0 Å². The first-order valence-corrected chi connectivity index (χ1v) is 6.36. The van der Waals surface area contributed by atoms with Crippen LogP contribution in [-0.4, -0.2) is 19.1 Å². The summed E-state index contributed by atoms with van der Waals surface area (Å²) in [5, 5.41) is 3.41. The molecule has 0 saturated heterocycles. The Morgan fingerprint density at radius 2 is 2.17 bits per heavy atom. The monoisotopic (exact) mass is 250 g/mol. The number of carbonyl (C=O) groups excluding carboxylic acids is 1. The molecule has 1 aromatic carbocycles. The van der Waals surface area contributed by atoms with Crippen LogP contribution in [-0.2, 0) is 4.74 Å². The minimum atomic E-state index is -0.403. The van der Waals surface area contributed by atoms with Gasteiger partial charge in [0.1, 0.15) is 0 Å². The topological polar surface area (TPSA) is 64.3 Å². The molecule has 100 valence electrons. The van der Waals surface area contributed by atoms with Crippen LogP contribution in [0.4, 0.5) is 11.4 Å². The van der Waals surface area contributed by atoms with Crippen LogP contribution in [0.1, 0.15) is 43.5 Å². The van der Waals surface area contributed by atoms with E-state index in [1.807, 2.05) is 6.07 Å². The molecule has 0 aromatic heterocycles. The summed E-state index contributed by atoms with van der Waals surface area (Å²) in [6.07, 6.45) is 3.28. The highest BCUT2D eigenvalue weighted by atomic mass is 16.5. The van der Waals surface area contributed by atoms with Crippen molar-refractivity contribution in [2.75, 3.05) is 18.2 Å². The standard InChI is InChI=1S/C14H22N2O2/c1-4-6-10(5-2)16-11-7-8-13(15)12(9-11)14(17)18-3/h7-10,16H,4-6,15H2,1-3H3. The predicted octanol–water partition coefficient (Wildman–Crippen LogP) is 3.05. The zero-order chi connectivity index (χ0) is 13.5. The minimum Gasteiger partial charge on any atom is -0.465 e. The highest BCUT2D eigenvalue weighted by Gasteiger charge is 2.12. The molecule has 0 aliphatic rings. The van der Waals surface area contributed by atoms with Gasteiger partial charge in [-0.25, -0.2) is 4.79 Å². The van der Waals surface area contributed by atoms with E-state index in [1.165, 1.54) is 7.11 Å². The lowest BCUT2D eigenvalue weighted by Gasteiger charge is -2.18. The van der Waals surface area contributed by atoms with Gasteiger partial charge in [-0.2, -0.15) is 0 Å². The van der Waals surface area contributed by atoms with Gasteiger partial charge in [0.2, 0.25) is 0 Å². The molecule has 0 bridgehead atoms.